The van der Waals surface area contributed by atoms with Crippen LogP contribution in [0.1, 0.15) is 80.3 Å². The number of aryl methyl sites for hydroxylation is 4. The summed E-state index contributed by atoms with van der Waals surface area (Å²) in [6.07, 6.45) is 2.31. The van der Waals surface area contributed by atoms with Crippen LogP contribution in [0.2, 0.25) is 0 Å². The van der Waals surface area contributed by atoms with Gasteiger partial charge in [-0.1, -0.05) is 81.4 Å². The first kappa shape index (κ1) is 35.1. The van der Waals surface area contributed by atoms with Crippen molar-refractivity contribution in [3.8, 4) is 23.0 Å². The zero-order chi connectivity index (χ0) is 33.5. The van der Waals surface area contributed by atoms with Gasteiger partial charge in [-0.3, -0.25) is 9.05 Å². The maximum Gasteiger partial charge on any atom is 0.604 e. The summed E-state index contributed by atoms with van der Waals surface area (Å²) in [5.74, 6) is 2.58. The molecule has 0 radical (unpaired) electrons. The van der Waals surface area contributed by atoms with Crippen LogP contribution in [-0.4, -0.2) is 10.7 Å². The minimum atomic E-state index is -2.17. The van der Waals surface area contributed by atoms with E-state index in [0.717, 1.165) is 44.9 Å². The molecular weight excluding hydrogens is 614 g/mol. The van der Waals surface area contributed by atoms with Gasteiger partial charge in [-0.15, -0.1) is 0 Å². The highest BCUT2D eigenvalue weighted by Crippen LogP contribution is 2.48. The summed E-state index contributed by atoms with van der Waals surface area (Å²) in [6, 6.07) is 27.2. The van der Waals surface area contributed by atoms with Crippen molar-refractivity contribution in [1.29, 1.82) is 0 Å². The molecule has 0 aliphatic heterocycles. The zero-order valence-electron chi connectivity index (χ0n) is 28.3. The second-order valence-corrected chi connectivity index (χ2v) is 15.1. The fourth-order valence-electron chi connectivity index (χ4n) is 5.20. The highest BCUT2D eigenvalue weighted by molar-refractivity contribution is 7.41. The lowest BCUT2D eigenvalue weighted by Gasteiger charge is -2.23. The molecule has 8 heteroatoms. The van der Waals surface area contributed by atoms with Crippen molar-refractivity contribution in [2.24, 2.45) is 0 Å². The molecule has 242 valence electrons. The van der Waals surface area contributed by atoms with Crippen LogP contribution >= 0.6 is 16.1 Å². The molecule has 0 aromatic heterocycles. The van der Waals surface area contributed by atoms with Crippen LogP contribution in [0.15, 0.2) is 84.9 Å². The van der Waals surface area contributed by atoms with Crippen LogP contribution in [0.4, 0.5) is 0 Å². The average molecular weight is 661 g/mol. The highest BCUT2D eigenvalue weighted by atomic mass is 31.1. The molecule has 0 amide bonds. The first-order valence-corrected chi connectivity index (χ1v) is 18.3. The molecule has 0 aliphatic rings. The molecule has 3 atom stereocenters. The molecule has 4 aromatic rings. The van der Waals surface area contributed by atoms with E-state index in [1.54, 1.807) is 0 Å². The Morgan fingerprint density at radius 1 is 0.543 bits per heavy atom. The minimum Gasteiger partial charge on any atom is -0.441 e. The monoisotopic (exact) mass is 660 g/mol. The van der Waals surface area contributed by atoms with Gasteiger partial charge >= 0.3 is 26.7 Å². The zero-order valence-corrected chi connectivity index (χ0v) is 30.0. The SMILES string of the molecule is CCC(C)(Oc1c(C)cccc1C)[P+](=O)Oc1ccc(Cc2ccc(O[P+](=O)C(CC)(CC)Oc3c(C)cccc3C)cc2)cc1. The predicted octanol–water partition coefficient (Wildman–Crippen LogP) is 11.6. The summed E-state index contributed by atoms with van der Waals surface area (Å²) in [5, 5.41) is -1.90. The van der Waals surface area contributed by atoms with E-state index in [-0.39, 0.29) is 0 Å². The third-order valence-corrected chi connectivity index (χ3v) is 11.9. The molecular formula is C38H46O6P2+2. The molecule has 0 fully saturated rings. The second kappa shape index (κ2) is 15.2. The molecule has 0 N–H and O–H groups in total. The molecule has 4 rings (SSSR count). The van der Waals surface area contributed by atoms with Gasteiger partial charge in [0.15, 0.2) is 11.5 Å². The largest absolute Gasteiger partial charge is 0.604 e. The maximum atomic E-state index is 13.6. The quantitative estimate of drug-likeness (QED) is 0.118. The number of hydrogen-bond acceptors (Lipinski definition) is 6. The molecule has 0 spiro atoms. The normalized spacial score (nSPS) is 13.4. The van der Waals surface area contributed by atoms with Gasteiger partial charge in [0.1, 0.15) is 11.5 Å². The minimum absolute atomic E-state index is 0.527. The molecule has 6 nitrogen and oxygen atoms in total. The second-order valence-electron chi connectivity index (χ2n) is 12.0. The van der Waals surface area contributed by atoms with Gasteiger partial charge in [-0.2, -0.15) is 0 Å². The van der Waals surface area contributed by atoms with Crippen molar-refractivity contribution in [1.82, 2.24) is 0 Å². The van der Waals surface area contributed by atoms with E-state index in [1.807, 2.05) is 140 Å². The molecule has 0 saturated heterocycles. The molecule has 0 heterocycles. The van der Waals surface area contributed by atoms with Crippen molar-refractivity contribution in [2.45, 2.75) is 91.8 Å². The first-order valence-electron chi connectivity index (χ1n) is 15.9. The van der Waals surface area contributed by atoms with Gasteiger partial charge in [0.2, 0.25) is 0 Å². The van der Waals surface area contributed by atoms with Crippen LogP contribution in [0.3, 0.4) is 0 Å². The van der Waals surface area contributed by atoms with Gasteiger partial charge < -0.3 is 9.47 Å². The predicted molar refractivity (Wildman–Crippen MR) is 187 cm³/mol. The van der Waals surface area contributed by atoms with Gasteiger partial charge in [0, 0.05) is 26.2 Å². The molecule has 3 unspecified atom stereocenters. The summed E-state index contributed by atoms with van der Waals surface area (Å²) < 4.78 is 51.6. The molecule has 0 saturated carbocycles. The lowest BCUT2D eigenvalue weighted by molar-refractivity contribution is 0.133. The van der Waals surface area contributed by atoms with Gasteiger partial charge in [0.25, 0.3) is 0 Å². The smallest absolute Gasteiger partial charge is 0.441 e. The summed E-state index contributed by atoms with van der Waals surface area (Å²) in [5.41, 5.74) is 6.16. The Labute approximate surface area is 276 Å². The molecule has 0 aliphatic carbocycles. The van der Waals surface area contributed by atoms with E-state index in [9.17, 15) is 9.13 Å². The van der Waals surface area contributed by atoms with Crippen molar-refractivity contribution >= 4 is 16.1 Å². The Morgan fingerprint density at radius 2 is 0.935 bits per heavy atom. The number of para-hydroxylation sites is 2. The van der Waals surface area contributed by atoms with Crippen LogP contribution < -0.4 is 18.5 Å². The number of ether oxygens (including phenoxy) is 2. The number of rotatable bonds is 15. The van der Waals surface area contributed by atoms with E-state index in [0.29, 0.717) is 37.2 Å². The van der Waals surface area contributed by atoms with Crippen LogP contribution in [-0.2, 0) is 15.6 Å². The van der Waals surface area contributed by atoms with E-state index in [1.165, 1.54) is 0 Å². The van der Waals surface area contributed by atoms with Gasteiger partial charge in [-0.25, -0.2) is 0 Å². The van der Waals surface area contributed by atoms with Crippen molar-refractivity contribution in [3.63, 3.8) is 0 Å². The van der Waals surface area contributed by atoms with E-state index >= 15 is 0 Å². The van der Waals surface area contributed by atoms with E-state index in [4.69, 9.17) is 18.5 Å². The lowest BCUT2D eigenvalue weighted by atomic mass is 10.1. The van der Waals surface area contributed by atoms with Crippen molar-refractivity contribution in [3.05, 3.63) is 118 Å². The molecule has 46 heavy (non-hydrogen) atoms. The molecule has 0 bridgehead atoms. The van der Waals surface area contributed by atoms with Crippen LogP contribution in [0.5, 0.6) is 23.0 Å². The Kier molecular flexibility index (Phi) is 11.6. The first-order chi connectivity index (χ1) is 21.9. The standard InChI is InChI=1S/C38H46O6P2/c1-9-37(8,41-35-27(4)14-12-15-28(35)5)45(39)43-33-22-18-31(19-23-33)26-32-20-24-34(25-21-32)44-46(40)38(10-2,11-3)42-36-29(6)16-13-17-30(36)7/h12-25H,9-11,26H2,1-8H3/q+2. The fraction of sp³-hybridized carbons (Fsp3) is 0.368. The van der Waals surface area contributed by atoms with E-state index < -0.39 is 26.7 Å². The Bertz CT molecular complexity index is 1620. The van der Waals surface area contributed by atoms with Crippen LogP contribution in [0.25, 0.3) is 0 Å². The summed E-state index contributed by atoms with van der Waals surface area (Å²) >= 11 is 0. The lowest BCUT2D eigenvalue weighted by Crippen LogP contribution is -2.32. The summed E-state index contributed by atoms with van der Waals surface area (Å²) in [6.45, 7) is 15.7. The molecule has 4 aromatic carbocycles. The summed E-state index contributed by atoms with van der Waals surface area (Å²) in [7, 11) is -4.34. The van der Waals surface area contributed by atoms with Crippen molar-refractivity contribution < 1.29 is 27.7 Å². The third-order valence-electron chi connectivity index (χ3n) is 8.54. The topological polar surface area (TPSA) is 71.1 Å². The fourth-order valence-corrected chi connectivity index (χ4v) is 7.29. The summed E-state index contributed by atoms with van der Waals surface area (Å²) in [4.78, 5) is 0. The van der Waals surface area contributed by atoms with E-state index in [2.05, 4.69) is 0 Å². The number of benzene rings is 4. The average Bonchev–Trinajstić information content (AvgIpc) is 3.04. The Morgan fingerprint density at radius 3 is 1.33 bits per heavy atom. The Balaban J connectivity index is 1.38. The number of hydrogen-bond donors (Lipinski definition) is 0. The third kappa shape index (κ3) is 8.16. The van der Waals surface area contributed by atoms with Crippen LogP contribution in [0, 0.1) is 27.7 Å². The highest BCUT2D eigenvalue weighted by Gasteiger charge is 2.53. The van der Waals surface area contributed by atoms with Gasteiger partial charge in [-0.05, 0) is 101 Å². The van der Waals surface area contributed by atoms with Gasteiger partial charge in [0.05, 0.1) is 0 Å². The Hall–Kier alpha value is -3.72. The van der Waals surface area contributed by atoms with Crippen molar-refractivity contribution in [2.75, 3.05) is 0 Å². The maximum absolute atomic E-state index is 13.6.